The molecule has 0 saturated carbocycles. The van der Waals surface area contributed by atoms with E-state index in [1.165, 1.54) is 6.42 Å². The highest BCUT2D eigenvalue weighted by Crippen LogP contribution is 2.28. The van der Waals surface area contributed by atoms with Gasteiger partial charge in [0, 0.05) is 31.7 Å². The number of carboxylic acid groups (broad SMARTS) is 1. The Morgan fingerprint density at radius 1 is 1.40 bits per heavy atom. The third-order valence-electron chi connectivity index (χ3n) is 3.43. The molecule has 2 rings (SSSR count). The molecule has 0 aromatic rings. The minimum absolute atomic E-state index is 0.141. The van der Waals surface area contributed by atoms with Crippen molar-refractivity contribution in [3.8, 4) is 0 Å². The molecular weight excluding hydrogens is 192 g/mol. The highest BCUT2D eigenvalue weighted by molar-refractivity contribution is 5.68. The zero-order valence-corrected chi connectivity index (χ0v) is 9.09. The second kappa shape index (κ2) is 4.33. The van der Waals surface area contributed by atoms with Gasteiger partial charge in [0.05, 0.1) is 6.42 Å². The number of hydrogen-bond donors (Lipinski definition) is 1. The summed E-state index contributed by atoms with van der Waals surface area (Å²) < 4.78 is 0. The number of piperazine rings is 1. The lowest BCUT2D eigenvalue weighted by Gasteiger charge is -2.30. The Bertz CT molecular complexity index is 276. The van der Waals surface area contributed by atoms with Gasteiger partial charge in [0.1, 0.15) is 0 Å². The quantitative estimate of drug-likeness (QED) is 0.682. The van der Waals surface area contributed by atoms with E-state index in [0.717, 1.165) is 25.7 Å². The monoisotopic (exact) mass is 210 g/mol. The maximum atomic E-state index is 10.3. The molecule has 0 radical (unpaired) electrons. The lowest BCUT2D eigenvalue weighted by Crippen LogP contribution is -2.44. The molecule has 0 aromatic heterocycles. The summed E-state index contributed by atoms with van der Waals surface area (Å²) in [6.07, 6.45) is 5.15. The van der Waals surface area contributed by atoms with E-state index in [0.29, 0.717) is 6.04 Å². The number of likely N-dealkylation sites (N-methyl/N-ethyl adjacent to an activating group) is 1. The zero-order valence-electron chi connectivity index (χ0n) is 9.09. The Morgan fingerprint density at radius 3 is 2.73 bits per heavy atom. The molecule has 2 bridgehead atoms. The molecule has 0 spiro atoms. The third kappa shape index (κ3) is 2.38. The molecule has 2 heterocycles. The van der Waals surface area contributed by atoms with Gasteiger partial charge >= 0.3 is 5.97 Å². The molecule has 4 nitrogen and oxygen atoms in total. The van der Waals surface area contributed by atoms with Gasteiger partial charge in [0.15, 0.2) is 0 Å². The molecule has 0 amide bonds. The number of fused-ring (bicyclic) bond motifs is 2. The topological polar surface area (TPSA) is 43.8 Å². The van der Waals surface area contributed by atoms with Crippen molar-refractivity contribution < 1.29 is 9.90 Å². The molecule has 0 aromatic carbocycles. The van der Waals surface area contributed by atoms with E-state index in [9.17, 15) is 4.79 Å². The minimum atomic E-state index is -0.756. The van der Waals surface area contributed by atoms with Gasteiger partial charge in [0.2, 0.25) is 0 Å². The summed E-state index contributed by atoms with van der Waals surface area (Å²) in [6.45, 7) is 3.21. The summed E-state index contributed by atoms with van der Waals surface area (Å²) in [5, 5.41) is 8.47. The van der Waals surface area contributed by atoms with Crippen molar-refractivity contribution in [2.24, 2.45) is 0 Å². The van der Waals surface area contributed by atoms with E-state index in [1.807, 2.05) is 6.08 Å². The maximum Gasteiger partial charge on any atom is 0.307 e. The molecule has 2 fully saturated rings. The number of rotatable bonds is 4. The zero-order chi connectivity index (χ0) is 10.8. The van der Waals surface area contributed by atoms with E-state index in [1.54, 1.807) is 6.08 Å². The first-order chi connectivity index (χ1) is 7.16. The minimum Gasteiger partial charge on any atom is -0.481 e. The van der Waals surface area contributed by atoms with Crippen LogP contribution >= 0.6 is 0 Å². The largest absolute Gasteiger partial charge is 0.481 e. The Balaban J connectivity index is 1.74. The van der Waals surface area contributed by atoms with Gasteiger partial charge in [-0.1, -0.05) is 12.2 Å². The fourth-order valence-electron chi connectivity index (χ4n) is 2.57. The summed E-state index contributed by atoms with van der Waals surface area (Å²) >= 11 is 0. The van der Waals surface area contributed by atoms with Crippen LogP contribution in [-0.2, 0) is 4.79 Å². The van der Waals surface area contributed by atoms with E-state index in [-0.39, 0.29) is 6.42 Å². The first-order valence-corrected chi connectivity index (χ1v) is 5.48. The lowest BCUT2D eigenvalue weighted by molar-refractivity contribution is -0.136. The van der Waals surface area contributed by atoms with Crippen LogP contribution in [0.4, 0.5) is 0 Å². The van der Waals surface area contributed by atoms with Crippen molar-refractivity contribution in [3.63, 3.8) is 0 Å². The van der Waals surface area contributed by atoms with Gasteiger partial charge in [-0.2, -0.15) is 0 Å². The Morgan fingerprint density at radius 2 is 2.20 bits per heavy atom. The second-order valence-corrected chi connectivity index (χ2v) is 4.51. The van der Waals surface area contributed by atoms with E-state index in [2.05, 4.69) is 16.8 Å². The summed E-state index contributed by atoms with van der Waals surface area (Å²) in [6, 6.07) is 1.41. The summed E-state index contributed by atoms with van der Waals surface area (Å²) in [7, 11) is 2.18. The van der Waals surface area contributed by atoms with E-state index >= 15 is 0 Å². The number of hydrogen-bond acceptors (Lipinski definition) is 3. The van der Waals surface area contributed by atoms with Crippen LogP contribution in [0.5, 0.6) is 0 Å². The van der Waals surface area contributed by atoms with Gasteiger partial charge in [-0.25, -0.2) is 0 Å². The van der Waals surface area contributed by atoms with Crippen molar-refractivity contribution in [1.29, 1.82) is 0 Å². The van der Waals surface area contributed by atoms with Crippen molar-refractivity contribution in [3.05, 3.63) is 12.2 Å². The first kappa shape index (κ1) is 10.6. The standard InChI is InChI=1S/C11H18N2O2/c1-12-7-10-6-9(12)8-13(10)5-3-2-4-11(14)15/h2-3,9-10H,4-8H2,1H3,(H,14,15)/b3-2+. The molecule has 4 heteroatoms. The first-order valence-electron chi connectivity index (χ1n) is 5.48. The predicted molar refractivity (Wildman–Crippen MR) is 57.8 cm³/mol. The Kier molecular flexibility index (Phi) is 3.07. The van der Waals surface area contributed by atoms with Crippen LogP contribution in [0.25, 0.3) is 0 Å². The summed E-state index contributed by atoms with van der Waals surface area (Å²) in [5.41, 5.74) is 0. The molecule has 2 aliphatic heterocycles. The molecule has 2 atom stereocenters. The van der Waals surface area contributed by atoms with Crippen LogP contribution in [0.1, 0.15) is 12.8 Å². The molecule has 1 N–H and O–H groups in total. The average Bonchev–Trinajstić information content (AvgIpc) is 2.70. The highest BCUT2D eigenvalue weighted by Gasteiger charge is 2.40. The Hall–Kier alpha value is -0.870. The van der Waals surface area contributed by atoms with Gasteiger partial charge in [0.25, 0.3) is 0 Å². The summed E-state index contributed by atoms with van der Waals surface area (Å²) in [4.78, 5) is 15.2. The van der Waals surface area contributed by atoms with Crippen LogP contribution in [0, 0.1) is 0 Å². The smallest absolute Gasteiger partial charge is 0.307 e. The maximum absolute atomic E-state index is 10.3. The van der Waals surface area contributed by atoms with Crippen LogP contribution < -0.4 is 0 Å². The van der Waals surface area contributed by atoms with Crippen LogP contribution in [0.15, 0.2) is 12.2 Å². The number of likely N-dealkylation sites (tertiary alicyclic amines) is 2. The highest BCUT2D eigenvalue weighted by atomic mass is 16.4. The average molecular weight is 210 g/mol. The summed E-state index contributed by atoms with van der Waals surface area (Å²) in [5.74, 6) is -0.756. The molecule has 0 aliphatic carbocycles. The van der Waals surface area contributed by atoms with Gasteiger partial charge < -0.3 is 10.0 Å². The van der Waals surface area contributed by atoms with Crippen molar-refractivity contribution in [2.75, 3.05) is 26.7 Å². The molecule has 2 saturated heterocycles. The van der Waals surface area contributed by atoms with Crippen molar-refractivity contribution in [2.45, 2.75) is 24.9 Å². The molecule has 2 aliphatic rings. The molecular formula is C11H18N2O2. The van der Waals surface area contributed by atoms with E-state index in [4.69, 9.17) is 5.11 Å². The molecule has 15 heavy (non-hydrogen) atoms. The van der Waals surface area contributed by atoms with Crippen molar-refractivity contribution >= 4 is 5.97 Å². The van der Waals surface area contributed by atoms with E-state index < -0.39 is 5.97 Å². The second-order valence-electron chi connectivity index (χ2n) is 4.51. The van der Waals surface area contributed by atoms with Crippen LogP contribution in [-0.4, -0.2) is 59.6 Å². The normalized spacial score (nSPS) is 31.8. The predicted octanol–water partition coefficient (Wildman–Crippen LogP) is 0.406. The van der Waals surface area contributed by atoms with Gasteiger partial charge in [-0.05, 0) is 13.5 Å². The third-order valence-corrected chi connectivity index (χ3v) is 3.43. The van der Waals surface area contributed by atoms with Gasteiger partial charge in [-0.3, -0.25) is 9.69 Å². The Labute approximate surface area is 90.2 Å². The molecule has 84 valence electrons. The number of carbonyl (C=O) groups is 1. The van der Waals surface area contributed by atoms with Crippen LogP contribution in [0.3, 0.4) is 0 Å². The number of carboxylic acids is 1. The van der Waals surface area contributed by atoms with Gasteiger partial charge in [-0.15, -0.1) is 0 Å². The molecule has 2 unspecified atom stereocenters. The fraction of sp³-hybridized carbons (Fsp3) is 0.727. The van der Waals surface area contributed by atoms with Crippen LogP contribution in [0.2, 0.25) is 0 Å². The fourth-order valence-corrected chi connectivity index (χ4v) is 2.57. The van der Waals surface area contributed by atoms with Crippen molar-refractivity contribution in [1.82, 2.24) is 9.80 Å². The lowest BCUT2D eigenvalue weighted by atomic mass is 10.2. The number of aliphatic carboxylic acids is 1. The SMILES string of the molecule is CN1CC2CC1CN2C/C=C/CC(=O)O. The number of nitrogens with zero attached hydrogens (tertiary/aromatic N) is 2.